The third kappa shape index (κ3) is 4.55. The van der Waals surface area contributed by atoms with Crippen LogP contribution in [-0.2, 0) is 0 Å². The number of carbonyl (C=O) groups is 1. The summed E-state index contributed by atoms with van der Waals surface area (Å²) >= 11 is 17.7. The predicted molar refractivity (Wildman–Crippen MR) is 82.5 cm³/mol. The van der Waals surface area contributed by atoms with Gasteiger partial charge >= 0.3 is 0 Å². The summed E-state index contributed by atoms with van der Waals surface area (Å²) in [7, 11) is 0. The zero-order valence-electron chi connectivity index (χ0n) is 11.3. The summed E-state index contributed by atoms with van der Waals surface area (Å²) in [6.07, 6.45) is 0.703. The van der Waals surface area contributed by atoms with Crippen LogP contribution in [0.15, 0.2) is 18.2 Å². The first-order chi connectivity index (χ1) is 8.77. The van der Waals surface area contributed by atoms with E-state index in [1.165, 1.54) is 0 Å². The summed E-state index contributed by atoms with van der Waals surface area (Å²) in [4.78, 5) is 12.3. The predicted octanol–water partition coefficient (Wildman–Crippen LogP) is 4.77. The fourth-order valence-electron chi connectivity index (χ4n) is 1.75. The van der Waals surface area contributed by atoms with Gasteiger partial charge in [0, 0.05) is 11.9 Å². The van der Waals surface area contributed by atoms with Gasteiger partial charge in [-0.1, -0.05) is 50.0 Å². The number of rotatable bonds is 4. The molecule has 1 amide bonds. The average Bonchev–Trinajstić information content (AvgIpc) is 2.30. The van der Waals surface area contributed by atoms with E-state index in [0.29, 0.717) is 22.9 Å². The van der Waals surface area contributed by atoms with Crippen LogP contribution in [0.25, 0.3) is 0 Å². The van der Waals surface area contributed by atoms with E-state index >= 15 is 0 Å². The molecule has 0 aromatic heterocycles. The Kier molecular flexibility index (Phi) is 5.97. The lowest BCUT2D eigenvalue weighted by Crippen LogP contribution is -2.44. The third-order valence-electron chi connectivity index (χ3n) is 2.94. The molecule has 0 radical (unpaired) electrons. The number of nitrogens with one attached hydrogen (secondary N) is 1. The third-order valence-corrected chi connectivity index (χ3v) is 3.98. The van der Waals surface area contributed by atoms with E-state index < -0.39 is 0 Å². The van der Waals surface area contributed by atoms with E-state index in [9.17, 15) is 4.79 Å². The van der Waals surface area contributed by atoms with Crippen molar-refractivity contribution in [2.75, 3.05) is 5.88 Å². The molecule has 0 saturated heterocycles. The number of hydrogen-bond acceptors (Lipinski definition) is 1. The largest absolute Gasteiger partial charge is 0.349 e. The molecule has 0 aliphatic heterocycles. The Morgan fingerprint density at radius 1 is 1.32 bits per heavy atom. The Morgan fingerprint density at radius 2 is 1.95 bits per heavy atom. The van der Waals surface area contributed by atoms with Crippen molar-refractivity contribution in [3.63, 3.8) is 0 Å². The van der Waals surface area contributed by atoms with E-state index in [1.54, 1.807) is 18.2 Å². The SMILES string of the molecule is CC(C)(C)C(CCCl)NC(=O)c1cccc(Cl)c1Cl. The molecule has 1 atom stereocenters. The number of halogens is 3. The molecule has 1 N–H and O–H groups in total. The van der Waals surface area contributed by atoms with Gasteiger partial charge in [0.1, 0.15) is 0 Å². The molecule has 0 bridgehead atoms. The van der Waals surface area contributed by atoms with Gasteiger partial charge in [0.25, 0.3) is 5.91 Å². The molecule has 1 aromatic rings. The van der Waals surface area contributed by atoms with E-state index in [1.807, 2.05) is 0 Å². The summed E-state index contributed by atoms with van der Waals surface area (Å²) in [5, 5.41) is 3.63. The van der Waals surface area contributed by atoms with Gasteiger partial charge in [0.2, 0.25) is 0 Å². The van der Waals surface area contributed by atoms with Crippen molar-refractivity contribution in [1.29, 1.82) is 0 Å². The zero-order valence-corrected chi connectivity index (χ0v) is 13.5. The number of hydrogen-bond donors (Lipinski definition) is 1. The van der Waals surface area contributed by atoms with Crippen LogP contribution in [0, 0.1) is 5.41 Å². The van der Waals surface area contributed by atoms with E-state index in [2.05, 4.69) is 26.1 Å². The van der Waals surface area contributed by atoms with Crippen LogP contribution in [0.4, 0.5) is 0 Å². The van der Waals surface area contributed by atoms with Gasteiger partial charge in [0.15, 0.2) is 0 Å². The van der Waals surface area contributed by atoms with Gasteiger partial charge in [-0.15, -0.1) is 11.6 Å². The smallest absolute Gasteiger partial charge is 0.253 e. The highest BCUT2D eigenvalue weighted by molar-refractivity contribution is 6.43. The molecule has 0 saturated carbocycles. The Balaban J connectivity index is 2.91. The van der Waals surface area contributed by atoms with E-state index in [0.717, 1.165) is 0 Å². The quantitative estimate of drug-likeness (QED) is 0.795. The van der Waals surface area contributed by atoms with Crippen molar-refractivity contribution in [2.24, 2.45) is 5.41 Å². The van der Waals surface area contributed by atoms with Gasteiger partial charge in [-0.2, -0.15) is 0 Å². The molecular formula is C14H18Cl3NO. The van der Waals surface area contributed by atoms with Crippen molar-refractivity contribution in [3.8, 4) is 0 Å². The zero-order chi connectivity index (χ0) is 14.6. The Labute approximate surface area is 129 Å². The fraction of sp³-hybridized carbons (Fsp3) is 0.500. The van der Waals surface area contributed by atoms with Crippen molar-refractivity contribution >= 4 is 40.7 Å². The van der Waals surface area contributed by atoms with E-state index in [4.69, 9.17) is 34.8 Å². The van der Waals surface area contributed by atoms with Crippen molar-refractivity contribution in [3.05, 3.63) is 33.8 Å². The second-order valence-electron chi connectivity index (χ2n) is 5.47. The first kappa shape index (κ1) is 16.6. The molecular weight excluding hydrogens is 305 g/mol. The second-order valence-corrected chi connectivity index (χ2v) is 6.63. The Bertz CT molecular complexity index is 454. The fourth-order valence-corrected chi connectivity index (χ4v) is 2.35. The summed E-state index contributed by atoms with van der Waals surface area (Å²) in [5.74, 6) is 0.267. The van der Waals surface area contributed by atoms with Crippen LogP contribution in [0.2, 0.25) is 10.0 Å². The maximum Gasteiger partial charge on any atom is 0.253 e. The molecule has 1 rings (SSSR count). The van der Waals surface area contributed by atoms with Gasteiger partial charge in [-0.3, -0.25) is 4.79 Å². The minimum atomic E-state index is -0.224. The van der Waals surface area contributed by atoms with Crippen molar-refractivity contribution in [1.82, 2.24) is 5.32 Å². The monoisotopic (exact) mass is 321 g/mol. The van der Waals surface area contributed by atoms with Gasteiger partial charge in [0.05, 0.1) is 15.6 Å². The standard InChI is InChI=1S/C14H18Cl3NO/c1-14(2,3)11(7-8-15)18-13(19)9-5-4-6-10(16)12(9)17/h4-6,11H,7-8H2,1-3H3,(H,18,19). The van der Waals surface area contributed by atoms with Crippen molar-refractivity contribution in [2.45, 2.75) is 33.2 Å². The highest BCUT2D eigenvalue weighted by atomic mass is 35.5. The summed E-state index contributed by atoms with van der Waals surface area (Å²) in [5.41, 5.74) is 0.313. The molecule has 0 heterocycles. The first-order valence-corrected chi connectivity index (χ1v) is 7.37. The Hall–Kier alpha value is -0.440. The highest BCUT2D eigenvalue weighted by Gasteiger charge is 2.26. The molecule has 1 aromatic carbocycles. The lowest BCUT2D eigenvalue weighted by molar-refractivity contribution is 0.0900. The van der Waals surface area contributed by atoms with Crippen molar-refractivity contribution < 1.29 is 4.79 Å². The summed E-state index contributed by atoms with van der Waals surface area (Å²) in [6.45, 7) is 6.18. The molecule has 0 fully saturated rings. The molecule has 106 valence electrons. The number of carbonyl (C=O) groups excluding carboxylic acids is 1. The van der Waals surface area contributed by atoms with Gasteiger partial charge < -0.3 is 5.32 Å². The number of alkyl halides is 1. The lowest BCUT2D eigenvalue weighted by Gasteiger charge is -2.31. The van der Waals surface area contributed by atoms with Crippen LogP contribution < -0.4 is 5.32 Å². The maximum atomic E-state index is 12.3. The molecule has 0 aliphatic rings. The van der Waals surface area contributed by atoms with Crippen LogP contribution in [0.3, 0.4) is 0 Å². The molecule has 0 aliphatic carbocycles. The molecule has 2 nitrogen and oxygen atoms in total. The van der Waals surface area contributed by atoms with Gasteiger partial charge in [-0.25, -0.2) is 0 Å². The van der Waals surface area contributed by atoms with Crippen LogP contribution >= 0.6 is 34.8 Å². The van der Waals surface area contributed by atoms with Crippen LogP contribution in [0.1, 0.15) is 37.6 Å². The molecule has 5 heteroatoms. The van der Waals surface area contributed by atoms with E-state index in [-0.39, 0.29) is 22.4 Å². The minimum absolute atomic E-state index is 0.0208. The Morgan fingerprint density at radius 3 is 2.47 bits per heavy atom. The number of benzene rings is 1. The summed E-state index contributed by atoms with van der Waals surface area (Å²) < 4.78 is 0. The molecule has 0 spiro atoms. The highest BCUT2D eigenvalue weighted by Crippen LogP contribution is 2.27. The maximum absolute atomic E-state index is 12.3. The average molecular weight is 323 g/mol. The topological polar surface area (TPSA) is 29.1 Å². The van der Waals surface area contributed by atoms with Crippen LogP contribution in [0.5, 0.6) is 0 Å². The normalized spacial score (nSPS) is 13.2. The molecule has 1 unspecified atom stereocenters. The second kappa shape index (κ2) is 6.83. The number of amides is 1. The first-order valence-electron chi connectivity index (χ1n) is 6.08. The molecule has 19 heavy (non-hydrogen) atoms. The minimum Gasteiger partial charge on any atom is -0.349 e. The summed E-state index contributed by atoms with van der Waals surface area (Å²) in [6, 6.07) is 4.99. The van der Waals surface area contributed by atoms with Crippen LogP contribution in [-0.4, -0.2) is 17.8 Å². The van der Waals surface area contributed by atoms with Gasteiger partial charge in [-0.05, 0) is 24.0 Å². The lowest BCUT2D eigenvalue weighted by atomic mass is 9.85.